The van der Waals surface area contributed by atoms with Crippen LogP contribution in [-0.2, 0) is 4.79 Å². The van der Waals surface area contributed by atoms with E-state index in [2.05, 4.69) is 19.2 Å². The van der Waals surface area contributed by atoms with Crippen LogP contribution in [0.2, 0.25) is 0 Å². The second kappa shape index (κ2) is 4.78. The van der Waals surface area contributed by atoms with Gasteiger partial charge in [-0.1, -0.05) is 13.8 Å². The van der Waals surface area contributed by atoms with Crippen molar-refractivity contribution in [1.82, 2.24) is 5.32 Å². The number of hydrogen-bond donors (Lipinski definition) is 2. The molecule has 0 saturated heterocycles. The summed E-state index contributed by atoms with van der Waals surface area (Å²) in [5, 5.41) is 3.02. The summed E-state index contributed by atoms with van der Waals surface area (Å²) in [4.78, 5) is 11.4. The molecule has 3 heteroatoms. The van der Waals surface area contributed by atoms with Gasteiger partial charge in [-0.3, -0.25) is 4.79 Å². The largest absolute Gasteiger partial charge is 0.352 e. The van der Waals surface area contributed by atoms with Gasteiger partial charge < -0.3 is 11.1 Å². The summed E-state index contributed by atoms with van der Waals surface area (Å²) in [5.41, 5.74) is 5.51. The van der Waals surface area contributed by atoms with Gasteiger partial charge in [0.2, 0.25) is 5.91 Å². The van der Waals surface area contributed by atoms with E-state index in [0.29, 0.717) is 6.04 Å². The van der Waals surface area contributed by atoms with E-state index in [1.807, 2.05) is 0 Å². The monoisotopic (exact) mass is 198 g/mol. The highest BCUT2D eigenvalue weighted by Crippen LogP contribution is 2.28. The number of carbonyl (C=O) groups is 1. The number of nitrogens with two attached hydrogens (primary N) is 1. The molecule has 1 fully saturated rings. The maximum Gasteiger partial charge on any atom is 0.236 e. The van der Waals surface area contributed by atoms with E-state index in [1.165, 1.54) is 6.42 Å². The Bertz CT molecular complexity index is 193. The van der Waals surface area contributed by atoms with Crippen molar-refractivity contribution in [1.29, 1.82) is 0 Å². The molecule has 0 aliphatic heterocycles. The second-order valence-corrected chi connectivity index (χ2v) is 4.91. The molecule has 0 spiro atoms. The first kappa shape index (κ1) is 11.5. The van der Waals surface area contributed by atoms with E-state index in [1.54, 1.807) is 6.92 Å². The molecule has 1 aliphatic carbocycles. The SMILES string of the molecule is CC1CC(C)CC(NC(=O)[C@@H](C)N)C1. The van der Waals surface area contributed by atoms with Crippen molar-refractivity contribution >= 4 is 5.91 Å². The molecular formula is C11H22N2O. The van der Waals surface area contributed by atoms with Gasteiger partial charge in [-0.05, 0) is 38.0 Å². The van der Waals surface area contributed by atoms with Crippen molar-refractivity contribution < 1.29 is 4.79 Å². The summed E-state index contributed by atoms with van der Waals surface area (Å²) >= 11 is 0. The minimum Gasteiger partial charge on any atom is -0.352 e. The van der Waals surface area contributed by atoms with Crippen LogP contribution in [0, 0.1) is 11.8 Å². The number of carbonyl (C=O) groups excluding carboxylic acids is 1. The molecule has 0 bridgehead atoms. The molecule has 0 aromatic heterocycles. The Morgan fingerprint density at radius 2 is 1.79 bits per heavy atom. The molecule has 1 aliphatic rings. The van der Waals surface area contributed by atoms with Gasteiger partial charge in [0.1, 0.15) is 0 Å². The highest BCUT2D eigenvalue weighted by Gasteiger charge is 2.25. The molecule has 0 aromatic rings. The summed E-state index contributed by atoms with van der Waals surface area (Å²) < 4.78 is 0. The molecule has 1 amide bonds. The molecule has 2 unspecified atom stereocenters. The molecule has 82 valence electrons. The fourth-order valence-electron chi connectivity index (χ4n) is 2.40. The molecule has 1 saturated carbocycles. The van der Waals surface area contributed by atoms with Crippen LogP contribution in [0.1, 0.15) is 40.0 Å². The highest BCUT2D eigenvalue weighted by molar-refractivity contribution is 5.81. The molecule has 3 nitrogen and oxygen atoms in total. The molecule has 3 N–H and O–H groups in total. The van der Waals surface area contributed by atoms with Crippen LogP contribution in [-0.4, -0.2) is 18.0 Å². The Labute approximate surface area is 86.4 Å². The summed E-state index contributed by atoms with van der Waals surface area (Å²) in [6.07, 6.45) is 3.48. The third-order valence-corrected chi connectivity index (χ3v) is 2.94. The minimum absolute atomic E-state index is 0.0173. The zero-order valence-corrected chi connectivity index (χ0v) is 9.42. The Morgan fingerprint density at radius 3 is 2.21 bits per heavy atom. The van der Waals surface area contributed by atoms with Crippen LogP contribution >= 0.6 is 0 Å². The maximum atomic E-state index is 11.4. The van der Waals surface area contributed by atoms with Crippen molar-refractivity contribution in [2.75, 3.05) is 0 Å². The first-order valence-corrected chi connectivity index (χ1v) is 5.55. The van der Waals surface area contributed by atoms with E-state index < -0.39 is 0 Å². The summed E-state index contributed by atoms with van der Waals surface area (Å²) in [6, 6.07) is -0.0465. The van der Waals surface area contributed by atoms with Crippen molar-refractivity contribution in [2.45, 2.75) is 52.1 Å². The predicted octanol–water partition coefficient (Wildman–Crippen LogP) is 1.27. The number of nitrogens with one attached hydrogen (secondary N) is 1. The van der Waals surface area contributed by atoms with Crippen molar-refractivity contribution in [3.05, 3.63) is 0 Å². The van der Waals surface area contributed by atoms with Crippen LogP contribution in [0.5, 0.6) is 0 Å². The van der Waals surface area contributed by atoms with Gasteiger partial charge in [-0.15, -0.1) is 0 Å². The van der Waals surface area contributed by atoms with Gasteiger partial charge in [0.15, 0.2) is 0 Å². The summed E-state index contributed by atoms with van der Waals surface area (Å²) in [5.74, 6) is 1.42. The van der Waals surface area contributed by atoms with E-state index in [-0.39, 0.29) is 11.9 Å². The smallest absolute Gasteiger partial charge is 0.236 e. The average molecular weight is 198 g/mol. The third kappa shape index (κ3) is 3.29. The Kier molecular flexibility index (Phi) is 3.93. The minimum atomic E-state index is -0.387. The fourth-order valence-corrected chi connectivity index (χ4v) is 2.40. The van der Waals surface area contributed by atoms with Gasteiger partial charge in [-0.25, -0.2) is 0 Å². The van der Waals surface area contributed by atoms with Gasteiger partial charge in [0, 0.05) is 6.04 Å². The highest BCUT2D eigenvalue weighted by atomic mass is 16.2. The van der Waals surface area contributed by atoms with E-state index in [4.69, 9.17) is 5.73 Å². The normalized spacial score (nSPS) is 35.0. The quantitative estimate of drug-likeness (QED) is 0.702. The van der Waals surface area contributed by atoms with Crippen LogP contribution in [0.3, 0.4) is 0 Å². The number of rotatable bonds is 2. The lowest BCUT2D eigenvalue weighted by Gasteiger charge is -2.32. The Hall–Kier alpha value is -0.570. The van der Waals surface area contributed by atoms with Crippen LogP contribution < -0.4 is 11.1 Å². The predicted molar refractivity (Wildman–Crippen MR) is 57.8 cm³/mol. The maximum absolute atomic E-state index is 11.4. The first-order chi connectivity index (χ1) is 6.49. The molecule has 1 rings (SSSR count). The lowest BCUT2D eigenvalue weighted by atomic mass is 9.80. The molecule has 0 aromatic carbocycles. The van der Waals surface area contributed by atoms with Gasteiger partial charge in [0.05, 0.1) is 6.04 Å². The lowest BCUT2D eigenvalue weighted by Crippen LogP contribution is -2.46. The van der Waals surface area contributed by atoms with Crippen LogP contribution in [0.25, 0.3) is 0 Å². The topological polar surface area (TPSA) is 55.1 Å². The van der Waals surface area contributed by atoms with Crippen LogP contribution in [0.15, 0.2) is 0 Å². The van der Waals surface area contributed by atoms with Gasteiger partial charge >= 0.3 is 0 Å². The van der Waals surface area contributed by atoms with Gasteiger partial charge in [-0.2, -0.15) is 0 Å². The number of amides is 1. The fraction of sp³-hybridized carbons (Fsp3) is 0.909. The summed E-state index contributed by atoms with van der Waals surface area (Å²) in [7, 11) is 0. The molecule has 3 atom stereocenters. The van der Waals surface area contributed by atoms with E-state index >= 15 is 0 Å². The molecule has 14 heavy (non-hydrogen) atoms. The first-order valence-electron chi connectivity index (χ1n) is 5.55. The van der Waals surface area contributed by atoms with Crippen molar-refractivity contribution in [3.63, 3.8) is 0 Å². The standard InChI is InChI=1S/C11H22N2O/c1-7-4-8(2)6-10(5-7)13-11(14)9(3)12/h7-10H,4-6,12H2,1-3H3,(H,13,14)/t7?,8?,9-,10?/m1/s1. The van der Waals surface area contributed by atoms with Gasteiger partial charge in [0.25, 0.3) is 0 Å². The van der Waals surface area contributed by atoms with Crippen molar-refractivity contribution in [3.8, 4) is 0 Å². The number of hydrogen-bond acceptors (Lipinski definition) is 2. The van der Waals surface area contributed by atoms with E-state index in [0.717, 1.165) is 24.7 Å². The van der Waals surface area contributed by atoms with Crippen molar-refractivity contribution in [2.24, 2.45) is 17.6 Å². The molecule has 0 heterocycles. The Morgan fingerprint density at radius 1 is 1.29 bits per heavy atom. The zero-order valence-electron chi connectivity index (χ0n) is 9.42. The molecule has 0 radical (unpaired) electrons. The summed E-state index contributed by atoms with van der Waals surface area (Å²) in [6.45, 7) is 6.23. The van der Waals surface area contributed by atoms with Crippen LogP contribution in [0.4, 0.5) is 0 Å². The Balaban J connectivity index is 2.40. The van der Waals surface area contributed by atoms with E-state index in [9.17, 15) is 4.79 Å². The zero-order chi connectivity index (χ0) is 10.7. The lowest BCUT2D eigenvalue weighted by molar-refractivity contribution is -0.123. The third-order valence-electron chi connectivity index (χ3n) is 2.94. The molecular weight excluding hydrogens is 176 g/mol. The average Bonchev–Trinajstić information content (AvgIpc) is 2.01. The second-order valence-electron chi connectivity index (χ2n) is 4.91.